The number of amides is 3. The van der Waals surface area contributed by atoms with E-state index in [0.29, 0.717) is 6.54 Å². The lowest BCUT2D eigenvalue weighted by Crippen LogP contribution is -2.49. The zero-order valence-corrected chi connectivity index (χ0v) is 11.0. The maximum atomic E-state index is 11.6. The summed E-state index contributed by atoms with van der Waals surface area (Å²) >= 11 is 0. The number of imide groups is 1. The lowest BCUT2D eigenvalue weighted by Gasteiger charge is -2.28. The number of carbonyl (C=O) groups excluding carboxylic acids is 2. The van der Waals surface area contributed by atoms with Gasteiger partial charge in [0.1, 0.15) is 0 Å². The molecule has 3 N–H and O–H groups in total. The van der Waals surface area contributed by atoms with Crippen LogP contribution < -0.4 is 10.6 Å². The van der Waals surface area contributed by atoms with Crippen LogP contribution in [0.15, 0.2) is 0 Å². The highest BCUT2D eigenvalue weighted by molar-refractivity contribution is 5.95. The van der Waals surface area contributed by atoms with Gasteiger partial charge in [-0.2, -0.15) is 0 Å². The molecule has 19 heavy (non-hydrogen) atoms. The average Bonchev–Trinajstić information content (AvgIpc) is 2.84. The summed E-state index contributed by atoms with van der Waals surface area (Å²) in [6, 6.07) is -0.934. The quantitative estimate of drug-likeness (QED) is 0.584. The maximum Gasteiger partial charge on any atom is 0.321 e. The fourth-order valence-electron chi connectivity index (χ4n) is 2.02. The van der Waals surface area contributed by atoms with E-state index in [1.807, 2.05) is 6.92 Å². The van der Waals surface area contributed by atoms with E-state index in [9.17, 15) is 14.4 Å². The van der Waals surface area contributed by atoms with Crippen molar-refractivity contribution in [1.29, 1.82) is 0 Å². The van der Waals surface area contributed by atoms with Crippen LogP contribution in [-0.2, 0) is 14.3 Å². The Balaban J connectivity index is 2.60. The van der Waals surface area contributed by atoms with Crippen LogP contribution in [0.5, 0.6) is 0 Å². The van der Waals surface area contributed by atoms with Crippen LogP contribution in [0, 0.1) is 5.92 Å². The molecule has 1 aliphatic heterocycles. The van der Waals surface area contributed by atoms with Gasteiger partial charge in [-0.05, 0) is 6.54 Å². The van der Waals surface area contributed by atoms with E-state index in [1.54, 1.807) is 4.90 Å². The average molecular weight is 273 g/mol. The molecule has 0 aromatic heterocycles. The van der Waals surface area contributed by atoms with Gasteiger partial charge in [0, 0.05) is 13.1 Å². The summed E-state index contributed by atoms with van der Waals surface area (Å²) in [6.45, 7) is 2.71. The molecule has 0 radical (unpaired) electrons. The van der Waals surface area contributed by atoms with Crippen molar-refractivity contribution in [2.45, 2.75) is 13.0 Å². The number of aliphatic carboxylic acids is 1. The smallest absolute Gasteiger partial charge is 0.321 e. The Morgan fingerprint density at radius 3 is 2.58 bits per heavy atom. The third-order valence-electron chi connectivity index (χ3n) is 3.07. The zero-order chi connectivity index (χ0) is 14.4. The van der Waals surface area contributed by atoms with E-state index < -0.39 is 23.8 Å². The molecule has 108 valence electrons. The third-order valence-corrected chi connectivity index (χ3v) is 3.07. The third kappa shape index (κ3) is 4.18. The van der Waals surface area contributed by atoms with E-state index in [2.05, 4.69) is 10.6 Å². The molecule has 0 aliphatic carbocycles. The Labute approximate surface area is 111 Å². The van der Waals surface area contributed by atoms with E-state index in [0.717, 1.165) is 0 Å². The number of rotatable bonds is 5. The normalized spacial score (nSPS) is 22.3. The molecule has 0 saturated carbocycles. The van der Waals surface area contributed by atoms with Gasteiger partial charge in [0.2, 0.25) is 5.91 Å². The fraction of sp³-hybridized carbons (Fsp3) is 0.727. The Morgan fingerprint density at radius 1 is 1.37 bits per heavy atom. The van der Waals surface area contributed by atoms with Crippen LogP contribution in [0.3, 0.4) is 0 Å². The molecule has 1 fully saturated rings. The molecule has 1 rings (SSSR count). The molecule has 3 amide bonds. The molecule has 8 nitrogen and oxygen atoms in total. The highest BCUT2D eigenvalue weighted by Gasteiger charge is 2.38. The number of carboxylic acids is 1. The van der Waals surface area contributed by atoms with Crippen LogP contribution in [0.1, 0.15) is 6.92 Å². The van der Waals surface area contributed by atoms with Gasteiger partial charge < -0.3 is 15.2 Å². The SMILES string of the molecule is CCN(CC(=O)NC(=O)NC)C1COCC1C(=O)O. The van der Waals surface area contributed by atoms with Crippen molar-refractivity contribution in [3.63, 3.8) is 0 Å². The molecule has 0 bridgehead atoms. The van der Waals surface area contributed by atoms with Crippen molar-refractivity contribution in [2.24, 2.45) is 5.92 Å². The molecule has 0 aromatic carbocycles. The number of carbonyl (C=O) groups is 3. The van der Waals surface area contributed by atoms with Crippen molar-refractivity contribution in [2.75, 3.05) is 33.4 Å². The number of ether oxygens (including phenoxy) is 1. The fourth-order valence-corrected chi connectivity index (χ4v) is 2.02. The van der Waals surface area contributed by atoms with Gasteiger partial charge in [-0.15, -0.1) is 0 Å². The number of nitrogens with zero attached hydrogens (tertiary/aromatic N) is 1. The highest BCUT2D eigenvalue weighted by atomic mass is 16.5. The summed E-state index contributed by atoms with van der Waals surface area (Å²) in [7, 11) is 1.41. The summed E-state index contributed by atoms with van der Waals surface area (Å²) in [6.07, 6.45) is 0. The molecule has 8 heteroatoms. The first-order valence-electron chi connectivity index (χ1n) is 6.05. The lowest BCUT2D eigenvalue weighted by atomic mass is 10.0. The van der Waals surface area contributed by atoms with Gasteiger partial charge in [0.15, 0.2) is 0 Å². The van der Waals surface area contributed by atoms with Crippen molar-refractivity contribution in [3.05, 3.63) is 0 Å². The van der Waals surface area contributed by atoms with Crippen LogP contribution in [-0.4, -0.2) is 67.3 Å². The second kappa shape index (κ2) is 7.05. The van der Waals surface area contributed by atoms with Crippen molar-refractivity contribution >= 4 is 17.9 Å². The van der Waals surface area contributed by atoms with Crippen molar-refractivity contribution < 1.29 is 24.2 Å². The highest BCUT2D eigenvalue weighted by Crippen LogP contribution is 2.19. The van der Waals surface area contributed by atoms with Gasteiger partial charge in [-0.1, -0.05) is 6.92 Å². The summed E-state index contributed by atoms with van der Waals surface area (Å²) in [5.41, 5.74) is 0. The van der Waals surface area contributed by atoms with E-state index in [1.165, 1.54) is 7.05 Å². The largest absolute Gasteiger partial charge is 0.481 e. The predicted molar refractivity (Wildman–Crippen MR) is 65.6 cm³/mol. The van der Waals surface area contributed by atoms with Crippen LogP contribution >= 0.6 is 0 Å². The predicted octanol–water partition coefficient (Wildman–Crippen LogP) is -1.14. The van der Waals surface area contributed by atoms with Crippen LogP contribution in [0.25, 0.3) is 0 Å². The first-order chi connectivity index (χ1) is 8.99. The Bertz CT molecular complexity index is 360. The molecular formula is C11H19N3O5. The number of urea groups is 1. The zero-order valence-electron chi connectivity index (χ0n) is 11.0. The molecule has 1 saturated heterocycles. The Hall–Kier alpha value is -1.67. The van der Waals surface area contributed by atoms with Crippen LogP contribution in [0.2, 0.25) is 0 Å². The summed E-state index contributed by atoms with van der Waals surface area (Å²) < 4.78 is 5.16. The first kappa shape index (κ1) is 15.4. The number of likely N-dealkylation sites (N-methyl/N-ethyl adjacent to an activating group) is 1. The molecular weight excluding hydrogens is 254 g/mol. The lowest BCUT2D eigenvalue weighted by molar-refractivity contribution is -0.143. The standard InChI is InChI=1S/C11H19N3O5/c1-3-14(4-9(15)13-11(18)12-2)8-6-19-5-7(8)10(16)17/h7-8H,3-6H2,1-2H3,(H,16,17)(H2,12,13,15,18). The van der Waals surface area contributed by atoms with Gasteiger partial charge >= 0.3 is 12.0 Å². The first-order valence-corrected chi connectivity index (χ1v) is 6.05. The molecule has 0 spiro atoms. The summed E-state index contributed by atoms with van der Waals surface area (Å²) in [5.74, 6) is -2.06. The second-order valence-corrected chi connectivity index (χ2v) is 4.24. The summed E-state index contributed by atoms with van der Waals surface area (Å²) in [4.78, 5) is 35.4. The van der Waals surface area contributed by atoms with E-state index in [4.69, 9.17) is 9.84 Å². The number of hydrogen-bond donors (Lipinski definition) is 3. The number of nitrogens with one attached hydrogen (secondary N) is 2. The minimum absolute atomic E-state index is 0.0400. The molecule has 1 heterocycles. The van der Waals surface area contributed by atoms with Gasteiger partial charge in [-0.25, -0.2) is 4.79 Å². The van der Waals surface area contributed by atoms with Gasteiger partial charge in [-0.3, -0.25) is 19.8 Å². The molecule has 2 unspecified atom stereocenters. The topological polar surface area (TPSA) is 108 Å². The number of hydrogen-bond acceptors (Lipinski definition) is 5. The minimum atomic E-state index is -0.937. The molecule has 2 atom stereocenters. The Kier molecular flexibility index (Phi) is 5.71. The maximum absolute atomic E-state index is 11.6. The van der Waals surface area contributed by atoms with Crippen LogP contribution in [0.4, 0.5) is 4.79 Å². The Morgan fingerprint density at radius 2 is 2.05 bits per heavy atom. The van der Waals surface area contributed by atoms with Gasteiger partial charge in [0.05, 0.1) is 25.7 Å². The minimum Gasteiger partial charge on any atom is -0.481 e. The van der Waals surface area contributed by atoms with Gasteiger partial charge in [0.25, 0.3) is 0 Å². The monoisotopic (exact) mass is 273 g/mol. The van der Waals surface area contributed by atoms with Crippen molar-refractivity contribution in [1.82, 2.24) is 15.5 Å². The summed E-state index contributed by atoms with van der Waals surface area (Å²) in [5, 5.41) is 13.5. The van der Waals surface area contributed by atoms with E-state index >= 15 is 0 Å². The van der Waals surface area contributed by atoms with Crippen molar-refractivity contribution in [3.8, 4) is 0 Å². The number of carboxylic acid groups (broad SMARTS) is 1. The van der Waals surface area contributed by atoms with E-state index in [-0.39, 0.29) is 25.8 Å². The molecule has 1 aliphatic rings. The second-order valence-electron chi connectivity index (χ2n) is 4.24. The molecule has 0 aromatic rings.